The molecule has 136 valence electrons. The van der Waals surface area contributed by atoms with Crippen LogP contribution < -0.4 is 16.0 Å². The largest absolute Gasteiger partial charge is 0.353 e. The third kappa shape index (κ3) is 5.28. The van der Waals surface area contributed by atoms with Crippen LogP contribution in [0, 0.1) is 0 Å². The Balaban J connectivity index is 1.38. The van der Waals surface area contributed by atoms with Crippen molar-refractivity contribution in [2.75, 3.05) is 13.1 Å². The van der Waals surface area contributed by atoms with Gasteiger partial charge in [-0.05, 0) is 31.7 Å². The second-order valence-corrected chi connectivity index (χ2v) is 7.11. The Morgan fingerprint density at radius 1 is 1.24 bits per heavy atom. The molecule has 2 atom stereocenters. The van der Waals surface area contributed by atoms with E-state index in [0.717, 1.165) is 32.4 Å². The number of rotatable bonds is 5. The number of amides is 2. The first-order valence-corrected chi connectivity index (χ1v) is 9.23. The van der Waals surface area contributed by atoms with Crippen LogP contribution in [0.25, 0.3) is 0 Å². The predicted molar refractivity (Wildman–Crippen MR) is 96.6 cm³/mol. The quantitative estimate of drug-likeness (QED) is 0.745. The number of nitrogens with one attached hydrogen (secondary N) is 3. The summed E-state index contributed by atoms with van der Waals surface area (Å²) in [4.78, 5) is 26.1. The molecule has 0 spiro atoms. The van der Waals surface area contributed by atoms with E-state index in [-0.39, 0.29) is 30.2 Å². The number of hydrogen-bond donors (Lipinski definition) is 3. The van der Waals surface area contributed by atoms with Gasteiger partial charge in [-0.25, -0.2) is 0 Å². The van der Waals surface area contributed by atoms with E-state index in [9.17, 15) is 9.59 Å². The van der Waals surface area contributed by atoms with Crippen LogP contribution in [0.15, 0.2) is 30.3 Å². The fourth-order valence-corrected chi connectivity index (χ4v) is 3.56. The number of carbonyl (C=O) groups is 2. The Labute approximate surface area is 149 Å². The Morgan fingerprint density at radius 3 is 2.64 bits per heavy atom. The zero-order valence-electron chi connectivity index (χ0n) is 14.8. The molecule has 0 bridgehead atoms. The standard InChI is InChI=1S/C19H28N4O2/c1-14-13-18(25)22-19(20-14)23-11-9-16(10-12-23)21-17(24)8-7-15-5-3-2-4-6-15/h2-6,14,16,19-20H,7-13H2,1H3,(H,21,24)(H,22,25). The van der Waals surface area contributed by atoms with Crippen LogP contribution in [0.4, 0.5) is 0 Å². The highest BCUT2D eigenvalue weighted by molar-refractivity contribution is 5.77. The van der Waals surface area contributed by atoms with Gasteiger partial charge in [0.15, 0.2) is 0 Å². The number of likely N-dealkylation sites (tertiary alicyclic amines) is 1. The Kier molecular flexibility index (Phi) is 6.04. The molecule has 25 heavy (non-hydrogen) atoms. The van der Waals surface area contributed by atoms with Gasteiger partial charge in [0.25, 0.3) is 0 Å². The highest BCUT2D eigenvalue weighted by atomic mass is 16.2. The Hall–Kier alpha value is -1.92. The molecule has 6 heteroatoms. The zero-order valence-corrected chi connectivity index (χ0v) is 14.8. The van der Waals surface area contributed by atoms with Crippen LogP contribution in [0.5, 0.6) is 0 Å². The molecule has 1 aromatic rings. The third-order valence-electron chi connectivity index (χ3n) is 4.98. The van der Waals surface area contributed by atoms with Crippen molar-refractivity contribution in [2.24, 2.45) is 0 Å². The van der Waals surface area contributed by atoms with Gasteiger partial charge in [0, 0.05) is 38.0 Å². The van der Waals surface area contributed by atoms with E-state index in [0.29, 0.717) is 12.8 Å². The highest BCUT2D eigenvalue weighted by Crippen LogP contribution is 2.14. The monoisotopic (exact) mass is 344 g/mol. The predicted octanol–water partition coefficient (Wildman–Crippen LogP) is 0.981. The maximum Gasteiger partial charge on any atom is 0.223 e. The molecule has 0 aromatic heterocycles. The van der Waals surface area contributed by atoms with Gasteiger partial charge in [-0.15, -0.1) is 0 Å². The van der Waals surface area contributed by atoms with Crippen LogP contribution in [0.1, 0.15) is 38.2 Å². The minimum absolute atomic E-state index is 0.0778. The van der Waals surface area contributed by atoms with Crippen molar-refractivity contribution in [3.8, 4) is 0 Å². The SMILES string of the molecule is CC1CC(=O)NC(N2CCC(NC(=O)CCc3ccccc3)CC2)N1. The molecular weight excluding hydrogens is 316 g/mol. The van der Waals surface area contributed by atoms with Crippen molar-refractivity contribution in [1.82, 2.24) is 20.9 Å². The summed E-state index contributed by atoms with van der Waals surface area (Å²) in [6, 6.07) is 10.5. The summed E-state index contributed by atoms with van der Waals surface area (Å²) in [7, 11) is 0. The van der Waals surface area contributed by atoms with Gasteiger partial charge in [0.2, 0.25) is 11.8 Å². The summed E-state index contributed by atoms with van der Waals surface area (Å²) in [5, 5.41) is 9.57. The first kappa shape index (κ1) is 17.9. The maximum absolute atomic E-state index is 12.2. The molecule has 0 saturated carbocycles. The average Bonchev–Trinajstić information content (AvgIpc) is 2.61. The average molecular weight is 344 g/mol. The van der Waals surface area contributed by atoms with E-state index in [1.165, 1.54) is 5.56 Å². The van der Waals surface area contributed by atoms with Crippen LogP contribution in [-0.2, 0) is 16.0 Å². The lowest BCUT2D eigenvalue weighted by molar-refractivity contribution is -0.127. The lowest BCUT2D eigenvalue weighted by atomic mass is 10.0. The third-order valence-corrected chi connectivity index (χ3v) is 4.98. The molecule has 2 aliphatic heterocycles. The minimum Gasteiger partial charge on any atom is -0.353 e. The van der Waals surface area contributed by atoms with Crippen LogP contribution in [0.2, 0.25) is 0 Å². The number of nitrogens with zero attached hydrogens (tertiary/aromatic N) is 1. The van der Waals surface area contributed by atoms with Gasteiger partial charge in [0.1, 0.15) is 6.29 Å². The molecule has 2 aliphatic rings. The zero-order chi connectivity index (χ0) is 17.6. The van der Waals surface area contributed by atoms with Gasteiger partial charge in [-0.2, -0.15) is 0 Å². The van der Waals surface area contributed by atoms with Gasteiger partial charge in [0.05, 0.1) is 0 Å². The minimum atomic E-state index is -0.0778. The summed E-state index contributed by atoms with van der Waals surface area (Å²) in [5.41, 5.74) is 1.20. The molecule has 2 saturated heterocycles. The smallest absolute Gasteiger partial charge is 0.223 e. The van der Waals surface area contributed by atoms with Crippen molar-refractivity contribution in [3.63, 3.8) is 0 Å². The van der Waals surface area contributed by atoms with Crippen LogP contribution >= 0.6 is 0 Å². The van der Waals surface area contributed by atoms with E-state index >= 15 is 0 Å². The van der Waals surface area contributed by atoms with Crippen molar-refractivity contribution in [3.05, 3.63) is 35.9 Å². The maximum atomic E-state index is 12.2. The molecule has 2 amide bonds. The van der Waals surface area contributed by atoms with Crippen molar-refractivity contribution in [2.45, 2.75) is 57.4 Å². The molecular formula is C19H28N4O2. The summed E-state index contributed by atoms with van der Waals surface area (Å²) >= 11 is 0. The summed E-state index contributed by atoms with van der Waals surface area (Å²) in [6.45, 7) is 3.77. The molecule has 1 aromatic carbocycles. The lowest BCUT2D eigenvalue weighted by Crippen LogP contribution is -2.65. The first-order valence-electron chi connectivity index (χ1n) is 9.23. The molecule has 3 rings (SSSR count). The first-order chi connectivity index (χ1) is 12.1. The van der Waals surface area contributed by atoms with E-state index in [2.05, 4.69) is 33.0 Å². The number of benzene rings is 1. The van der Waals surface area contributed by atoms with Gasteiger partial charge < -0.3 is 10.6 Å². The molecule has 3 N–H and O–H groups in total. The number of hydrogen-bond acceptors (Lipinski definition) is 4. The van der Waals surface area contributed by atoms with Crippen molar-refractivity contribution < 1.29 is 9.59 Å². The van der Waals surface area contributed by atoms with Crippen LogP contribution in [0.3, 0.4) is 0 Å². The Morgan fingerprint density at radius 2 is 1.96 bits per heavy atom. The molecule has 2 unspecified atom stereocenters. The molecule has 0 aliphatic carbocycles. The van der Waals surface area contributed by atoms with E-state index in [1.807, 2.05) is 25.1 Å². The highest BCUT2D eigenvalue weighted by Gasteiger charge is 2.30. The Bertz CT molecular complexity index is 584. The van der Waals surface area contributed by atoms with E-state index in [1.54, 1.807) is 0 Å². The second-order valence-electron chi connectivity index (χ2n) is 7.11. The van der Waals surface area contributed by atoms with Crippen molar-refractivity contribution >= 4 is 11.8 Å². The molecule has 6 nitrogen and oxygen atoms in total. The molecule has 2 heterocycles. The summed E-state index contributed by atoms with van der Waals surface area (Å²) in [5.74, 6) is 0.229. The summed E-state index contributed by atoms with van der Waals surface area (Å²) < 4.78 is 0. The van der Waals surface area contributed by atoms with Crippen molar-refractivity contribution in [1.29, 1.82) is 0 Å². The molecule has 2 fully saturated rings. The normalized spacial score (nSPS) is 25.4. The van der Waals surface area contributed by atoms with Gasteiger partial charge in [-0.1, -0.05) is 30.3 Å². The molecule has 0 radical (unpaired) electrons. The van der Waals surface area contributed by atoms with E-state index in [4.69, 9.17) is 0 Å². The van der Waals surface area contributed by atoms with Crippen LogP contribution in [-0.4, -0.2) is 48.2 Å². The van der Waals surface area contributed by atoms with E-state index < -0.39 is 0 Å². The van der Waals surface area contributed by atoms with Gasteiger partial charge >= 0.3 is 0 Å². The topological polar surface area (TPSA) is 73.5 Å². The van der Waals surface area contributed by atoms with Gasteiger partial charge in [-0.3, -0.25) is 19.8 Å². The number of piperidine rings is 1. The second kappa shape index (κ2) is 8.45. The fraction of sp³-hybridized carbons (Fsp3) is 0.579. The summed E-state index contributed by atoms with van der Waals surface area (Å²) in [6.07, 6.45) is 3.60. The number of aryl methyl sites for hydroxylation is 1. The lowest BCUT2D eigenvalue weighted by Gasteiger charge is -2.41. The fourth-order valence-electron chi connectivity index (χ4n) is 3.56. The number of carbonyl (C=O) groups excluding carboxylic acids is 2.